The van der Waals surface area contributed by atoms with Gasteiger partial charge >= 0.3 is 5.97 Å². The van der Waals surface area contributed by atoms with Gasteiger partial charge in [0.25, 0.3) is 0 Å². The monoisotopic (exact) mass is 321 g/mol. The van der Waals surface area contributed by atoms with Crippen LogP contribution in [-0.4, -0.2) is 25.4 Å². The molecule has 0 radical (unpaired) electrons. The van der Waals surface area contributed by atoms with E-state index < -0.39 is 0 Å². The topological polar surface area (TPSA) is 38.3 Å². The minimum absolute atomic E-state index is 0.185. The third-order valence-corrected chi connectivity index (χ3v) is 4.95. The summed E-state index contributed by atoms with van der Waals surface area (Å²) in [4.78, 5) is 14.8. The van der Waals surface area contributed by atoms with Crippen LogP contribution in [-0.2, 0) is 22.5 Å². The van der Waals surface area contributed by atoms with Gasteiger partial charge in [0.05, 0.1) is 13.5 Å². The first kappa shape index (κ1) is 16.1. The van der Waals surface area contributed by atoms with Gasteiger partial charge < -0.3 is 10.1 Å². The molecule has 1 aromatic heterocycles. The van der Waals surface area contributed by atoms with Gasteiger partial charge in [-0.15, -0.1) is 23.1 Å². The third-order valence-electron chi connectivity index (χ3n) is 2.85. The lowest BCUT2D eigenvalue weighted by molar-refractivity contribution is -0.139. The number of carbonyl (C=O) groups is 1. The van der Waals surface area contributed by atoms with Gasteiger partial charge in [-0.25, -0.2) is 0 Å². The van der Waals surface area contributed by atoms with Crippen LogP contribution in [0.5, 0.6) is 0 Å². The molecular formula is C16H19NO2S2. The van der Waals surface area contributed by atoms with E-state index in [9.17, 15) is 4.79 Å². The van der Waals surface area contributed by atoms with E-state index in [-0.39, 0.29) is 5.97 Å². The minimum atomic E-state index is -0.185. The Bertz CT molecular complexity index is 554. The molecular weight excluding hydrogens is 302 g/mol. The van der Waals surface area contributed by atoms with Crippen LogP contribution in [0, 0.1) is 0 Å². The maximum Gasteiger partial charge on any atom is 0.310 e. The Labute approximate surface area is 133 Å². The molecule has 1 N–H and O–H groups in total. The summed E-state index contributed by atoms with van der Waals surface area (Å²) < 4.78 is 4.67. The SMILES string of the molecule is COC(=O)Cc1ccc(CNCCSc2ccccc2)s1. The van der Waals surface area contributed by atoms with Crippen molar-refractivity contribution >= 4 is 29.1 Å². The Morgan fingerprint density at radius 2 is 1.95 bits per heavy atom. The van der Waals surface area contributed by atoms with Crippen LogP contribution in [0.2, 0.25) is 0 Å². The van der Waals surface area contributed by atoms with E-state index in [0.717, 1.165) is 23.7 Å². The van der Waals surface area contributed by atoms with E-state index in [0.29, 0.717) is 6.42 Å². The van der Waals surface area contributed by atoms with Crippen molar-refractivity contribution in [2.24, 2.45) is 0 Å². The summed E-state index contributed by atoms with van der Waals surface area (Å²) in [5.74, 6) is 0.861. The van der Waals surface area contributed by atoms with Crippen molar-refractivity contribution in [3.63, 3.8) is 0 Å². The average molecular weight is 321 g/mol. The molecule has 0 saturated carbocycles. The van der Waals surface area contributed by atoms with Gasteiger partial charge in [-0.1, -0.05) is 18.2 Å². The predicted octanol–water partition coefficient (Wildman–Crippen LogP) is 3.35. The fraction of sp³-hybridized carbons (Fsp3) is 0.312. The first-order valence-corrected chi connectivity index (χ1v) is 8.61. The number of nitrogens with one attached hydrogen (secondary N) is 1. The van der Waals surface area contributed by atoms with Crippen molar-refractivity contribution in [1.29, 1.82) is 0 Å². The van der Waals surface area contributed by atoms with Crippen molar-refractivity contribution in [3.8, 4) is 0 Å². The molecule has 0 aliphatic heterocycles. The zero-order valence-electron chi connectivity index (χ0n) is 12.0. The Morgan fingerprint density at radius 3 is 2.71 bits per heavy atom. The van der Waals surface area contributed by atoms with E-state index in [4.69, 9.17) is 0 Å². The van der Waals surface area contributed by atoms with Crippen molar-refractivity contribution in [1.82, 2.24) is 5.32 Å². The summed E-state index contributed by atoms with van der Waals surface area (Å²) in [6.45, 7) is 1.81. The van der Waals surface area contributed by atoms with Crippen LogP contribution in [0.4, 0.5) is 0 Å². The van der Waals surface area contributed by atoms with E-state index >= 15 is 0 Å². The van der Waals surface area contributed by atoms with Crippen LogP contribution < -0.4 is 5.32 Å². The molecule has 0 aliphatic rings. The van der Waals surface area contributed by atoms with Crippen LogP contribution in [0.25, 0.3) is 0 Å². The van der Waals surface area contributed by atoms with Gasteiger partial charge in [0.1, 0.15) is 0 Å². The highest BCUT2D eigenvalue weighted by Gasteiger charge is 2.05. The highest BCUT2D eigenvalue weighted by Crippen LogP contribution is 2.18. The Morgan fingerprint density at radius 1 is 1.19 bits per heavy atom. The predicted molar refractivity (Wildman–Crippen MR) is 88.9 cm³/mol. The quantitative estimate of drug-likeness (QED) is 0.460. The second-order valence-corrected chi connectivity index (χ2v) is 6.88. The summed E-state index contributed by atoms with van der Waals surface area (Å²) in [5.41, 5.74) is 0. The molecule has 0 amide bonds. The van der Waals surface area contributed by atoms with Crippen molar-refractivity contribution in [3.05, 3.63) is 52.2 Å². The van der Waals surface area contributed by atoms with Gasteiger partial charge in [-0.05, 0) is 24.3 Å². The van der Waals surface area contributed by atoms with Crippen LogP contribution in [0.1, 0.15) is 9.75 Å². The number of benzene rings is 1. The molecule has 3 nitrogen and oxygen atoms in total. The van der Waals surface area contributed by atoms with Crippen molar-refractivity contribution in [2.45, 2.75) is 17.9 Å². The summed E-state index contributed by atoms with van der Waals surface area (Å²) in [7, 11) is 1.42. The summed E-state index contributed by atoms with van der Waals surface area (Å²) in [5, 5.41) is 3.43. The molecule has 0 aliphatic carbocycles. The molecule has 21 heavy (non-hydrogen) atoms. The fourth-order valence-corrected chi connectivity index (χ4v) is 3.60. The lowest BCUT2D eigenvalue weighted by atomic mass is 10.3. The number of ether oxygens (including phenoxy) is 1. The Balaban J connectivity index is 1.63. The van der Waals surface area contributed by atoms with E-state index in [1.807, 2.05) is 23.9 Å². The molecule has 112 valence electrons. The minimum Gasteiger partial charge on any atom is -0.469 e. The zero-order valence-corrected chi connectivity index (χ0v) is 13.6. The number of hydrogen-bond acceptors (Lipinski definition) is 5. The number of thiophene rings is 1. The molecule has 1 heterocycles. The van der Waals surface area contributed by atoms with Crippen LogP contribution in [0.15, 0.2) is 47.4 Å². The Hall–Kier alpha value is -1.30. The van der Waals surface area contributed by atoms with Crippen molar-refractivity contribution < 1.29 is 9.53 Å². The molecule has 2 rings (SSSR count). The molecule has 1 aromatic carbocycles. The second kappa shape index (κ2) is 8.87. The van der Waals surface area contributed by atoms with Gasteiger partial charge in [-0.3, -0.25) is 4.79 Å². The van der Waals surface area contributed by atoms with E-state index in [2.05, 4.69) is 40.4 Å². The second-order valence-electron chi connectivity index (χ2n) is 4.46. The molecule has 0 atom stereocenters. The zero-order chi connectivity index (χ0) is 14.9. The number of hydrogen-bond donors (Lipinski definition) is 1. The normalized spacial score (nSPS) is 10.5. The molecule has 0 spiro atoms. The molecule has 2 aromatic rings. The molecule has 5 heteroatoms. The Kier molecular flexibility index (Phi) is 6.79. The third kappa shape index (κ3) is 5.91. The van der Waals surface area contributed by atoms with Gasteiger partial charge in [0, 0.05) is 33.5 Å². The fourth-order valence-electron chi connectivity index (χ4n) is 1.80. The first-order chi connectivity index (χ1) is 10.3. The maximum absolute atomic E-state index is 11.2. The number of rotatable bonds is 8. The standard InChI is InChI=1S/C16H19NO2S2/c1-19-16(18)11-14-7-8-15(21-14)12-17-9-10-20-13-5-3-2-4-6-13/h2-8,17H,9-12H2,1H3. The number of carbonyl (C=O) groups excluding carboxylic acids is 1. The average Bonchev–Trinajstić information content (AvgIpc) is 2.95. The summed E-state index contributed by atoms with van der Waals surface area (Å²) in [6, 6.07) is 14.5. The lowest BCUT2D eigenvalue weighted by Crippen LogP contribution is -2.15. The smallest absolute Gasteiger partial charge is 0.310 e. The van der Waals surface area contributed by atoms with Crippen molar-refractivity contribution in [2.75, 3.05) is 19.4 Å². The van der Waals surface area contributed by atoms with E-state index in [1.165, 1.54) is 16.9 Å². The summed E-state index contributed by atoms with van der Waals surface area (Å²) >= 11 is 3.51. The molecule has 0 bridgehead atoms. The van der Waals surface area contributed by atoms with Gasteiger partial charge in [0.2, 0.25) is 0 Å². The maximum atomic E-state index is 11.2. The highest BCUT2D eigenvalue weighted by molar-refractivity contribution is 7.99. The number of esters is 1. The molecule has 0 unspecified atom stereocenters. The van der Waals surface area contributed by atoms with Gasteiger partial charge in [0.15, 0.2) is 0 Å². The highest BCUT2D eigenvalue weighted by atomic mass is 32.2. The van der Waals surface area contributed by atoms with Crippen LogP contribution in [0.3, 0.4) is 0 Å². The molecule has 0 saturated heterocycles. The van der Waals surface area contributed by atoms with E-state index in [1.54, 1.807) is 11.3 Å². The van der Waals surface area contributed by atoms with Crippen LogP contribution >= 0.6 is 23.1 Å². The summed E-state index contributed by atoms with van der Waals surface area (Å²) in [6.07, 6.45) is 0.366. The lowest BCUT2D eigenvalue weighted by Gasteiger charge is -2.03. The first-order valence-electron chi connectivity index (χ1n) is 6.81. The largest absolute Gasteiger partial charge is 0.469 e. The van der Waals surface area contributed by atoms with Gasteiger partial charge in [-0.2, -0.15) is 0 Å². The molecule has 0 fully saturated rings. The number of thioether (sulfide) groups is 1. The number of methoxy groups -OCH3 is 1.